The maximum absolute atomic E-state index is 12.2. The number of rotatable bonds is 5. The van der Waals surface area contributed by atoms with E-state index in [0.717, 1.165) is 16.4 Å². The zero-order chi connectivity index (χ0) is 16.9. The van der Waals surface area contributed by atoms with Crippen molar-refractivity contribution in [2.24, 2.45) is 0 Å². The van der Waals surface area contributed by atoms with Crippen molar-refractivity contribution in [3.05, 3.63) is 69.8 Å². The summed E-state index contributed by atoms with van der Waals surface area (Å²) in [5.41, 5.74) is 2.31. The first-order valence-electron chi connectivity index (χ1n) is 7.49. The number of pyridine rings is 1. The molecule has 3 rings (SSSR count). The van der Waals surface area contributed by atoms with Crippen LogP contribution in [0.4, 0.5) is 5.82 Å². The summed E-state index contributed by atoms with van der Waals surface area (Å²) >= 11 is 1.60. The maximum Gasteiger partial charge on any atom is 0.256 e. The zero-order valence-electron chi connectivity index (χ0n) is 13.4. The van der Waals surface area contributed by atoms with Crippen molar-refractivity contribution in [3.63, 3.8) is 0 Å². The molecule has 0 saturated heterocycles. The second-order valence-electron chi connectivity index (χ2n) is 5.29. The van der Waals surface area contributed by atoms with E-state index >= 15 is 0 Å². The molecule has 1 amide bonds. The molecule has 0 aliphatic carbocycles. The van der Waals surface area contributed by atoms with Crippen LogP contribution in [0.5, 0.6) is 5.75 Å². The van der Waals surface area contributed by atoms with Crippen molar-refractivity contribution in [3.8, 4) is 5.75 Å². The number of ether oxygens (including phenoxy) is 1. The van der Waals surface area contributed by atoms with Gasteiger partial charge in [-0.15, -0.1) is 11.3 Å². The van der Waals surface area contributed by atoms with Crippen LogP contribution in [0.3, 0.4) is 0 Å². The van der Waals surface area contributed by atoms with E-state index in [2.05, 4.69) is 15.3 Å². The number of benzene rings is 1. The molecule has 5 nitrogen and oxygen atoms in total. The van der Waals surface area contributed by atoms with Crippen LogP contribution in [-0.2, 0) is 6.61 Å². The third-order valence-corrected chi connectivity index (χ3v) is 4.12. The highest BCUT2D eigenvalue weighted by Gasteiger charge is 2.07. The largest absolute Gasteiger partial charge is 0.487 e. The maximum atomic E-state index is 12.2. The minimum absolute atomic E-state index is 0.199. The smallest absolute Gasteiger partial charge is 0.256 e. The highest BCUT2D eigenvalue weighted by atomic mass is 32.1. The van der Waals surface area contributed by atoms with Gasteiger partial charge in [-0.05, 0) is 50.2 Å². The van der Waals surface area contributed by atoms with Crippen LogP contribution in [0.1, 0.15) is 26.8 Å². The Morgan fingerprint density at radius 2 is 1.92 bits per heavy atom. The van der Waals surface area contributed by atoms with E-state index in [1.165, 1.54) is 0 Å². The number of carbonyl (C=O) groups is 1. The van der Waals surface area contributed by atoms with E-state index in [0.29, 0.717) is 23.7 Å². The molecule has 0 spiro atoms. The lowest BCUT2D eigenvalue weighted by atomic mass is 10.2. The van der Waals surface area contributed by atoms with E-state index in [9.17, 15) is 4.79 Å². The van der Waals surface area contributed by atoms with Gasteiger partial charge in [0.25, 0.3) is 5.91 Å². The highest BCUT2D eigenvalue weighted by molar-refractivity contribution is 7.09. The number of aryl methyl sites for hydroxylation is 2. The Kier molecular flexibility index (Phi) is 4.86. The Morgan fingerprint density at radius 3 is 2.58 bits per heavy atom. The van der Waals surface area contributed by atoms with E-state index < -0.39 is 0 Å². The normalized spacial score (nSPS) is 10.4. The van der Waals surface area contributed by atoms with Crippen LogP contribution in [0.15, 0.2) is 47.8 Å². The summed E-state index contributed by atoms with van der Waals surface area (Å²) in [7, 11) is 0. The monoisotopic (exact) mass is 339 g/mol. The van der Waals surface area contributed by atoms with E-state index in [1.54, 1.807) is 41.7 Å². The molecule has 0 saturated carbocycles. The van der Waals surface area contributed by atoms with Crippen molar-refractivity contribution in [1.82, 2.24) is 9.97 Å². The fraction of sp³-hybridized carbons (Fsp3) is 0.167. The van der Waals surface area contributed by atoms with E-state index in [4.69, 9.17) is 4.74 Å². The van der Waals surface area contributed by atoms with Gasteiger partial charge >= 0.3 is 0 Å². The standard InChI is InChI=1S/C18H17N3O2S/c1-12-4-3-5-17(19-12)21-18(22)14-6-8-16(9-7-14)23-10-15-11-24-13(2)20-15/h3-9,11H,10H2,1-2H3,(H,19,21,22). The minimum atomic E-state index is -0.199. The second-order valence-corrected chi connectivity index (χ2v) is 6.35. The number of aromatic nitrogens is 2. The number of nitrogens with one attached hydrogen (secondary N) is 1. The molecule has 24 heavy (non-hydrogen) atoms. The Morgan fingerprint density at radius 1 is 1.12 bits per heavy atom. The average molecular weight is 339 g/mol. The number of hydrogen-bond donors (Lipinski definition) is 1. The lowest BCUT2D eigenvalue weighted by Gasteiger charge is -2.07. The fourth-order valence-electron chi connectivity index (χ4n) is 2.14. The zero-order valence-corrected chi connectivity index (χ0v) is 14.3. The molecule has 3 aromatic rings. The van der Waals surface area contributed by atoms with E-state index in [1.807, 2.05) is 31.4 Å². The lowest BCUT2D eigenvalue weighted by Crippen LogP contribution is -2.13. The first-order valence-corrected chi connectivity index (χ1v) is 8.37. The van der Waals surface area contributed by atoms with Crippen LogP contribution >= 0.6 is 11.3 Å². The van der Waals surface area contributed by atoms with E-state index in [-0.39, 0.29) is 5.91 Å². The van der Waals surface area contributed by atoms with Crippen molar-refractivity contribution < 1.29 is 9.53 Å². The quantitative estimate of drug-likeness (QED) is 0.763. The third-order valence-electron chi connectivity index (χ3n) is 3.30. The summed E-state index contributed by atoms with van der Waals surface area (Å²) in [6.45, 7) is 4.26. The van der Waals surface area contributed by atoms with Gasteiger partial charge in [-0.3, -0.25) is 4.79 Å². The Labute approximate surface area is 144 Å². The first-order chi connectivity index (χ1) is 11.6. The van der Waals surface area contributed by atoms with Gasteiger partial charge < -0.3 is 10.1 Å². The molecule has 1 N–H and O–H groups in total. The molecule has 122 valence electrons. The first kappa shape index (κ1) is 16.1. The molecular formula is C18H17N3O2S. The number of hydrogen-bond acceptors (Lipinski definition) is 5. The minimum Gasteiger partial charge on any atom is -0.487 e. The van der Waals surface area contributed by atoms with Gasteiger partial charge in [0, 0.05) is 16.6 Å². The van der Waals surface area contributed by atoms with Gasteiger partial charge in [0.2, 0.25) is 0 Å². The molecule has 2 aromatic heterocycles. The topological polar surface area (TPSA) is 64.1 Å². The van der Waals surface area contributed by atoms with Gasteiger partial charge in [0.05, 0.1) is 10.7 Å². The number of nitrogens with zero attached hydrogens (tertiary/aromatic N) is 2. The summed E-state index contributed by atoms with van der Waals surface area (Å²) in [4.78, 5) is 20.8. The van der Waals surface area contributed by atoms with Crippen LogP contribution < -0.4 is 10.1 Å². The average Bonchev–Trinajstić information content (AvgIpc) is 2.99. The van der Waals surface area contributed by atoms with Crippen molar-refractivity contribution >= 4 is 23.1 Å². The summed E-state index contributed by atoms with van der Waals surface area (Å²) < 4.78 is 5.67. The SMILES string of the molecule is Cc1cccc(NC(=O)c2ccc(OCc3csc(C)n3)cc2)n1. The molecular weight excluding hydrogens is 322 g/mol. The van der Waals surface area contributed by atoms with Gasteiger partial charge in [0.15, 0.2) is 0 Å². The number of anilines is 1. The second kappa shape index (κ2) is 7.23. The Balaban J connectivity index is 1.60. The van der Waals surface area contributed by atoms with Gasteiger partial charge in [-0.2, -0.15) is 0 Å². The Bertz CT molecular complexity index is 843. The predicted molar refractivity (Wildman–Crippen MR) is 94.6 cm³/mol. The number of carbonyl (C=O) groups excluding carboxylic acids is 1. The summed E-state index contributed by atoms with van der Waals surface area (Å²) in [5.74, 6) is 1.04. The molecule has 2 heterocycles. The molecule has 0 aliphatic heterocycles. The fourth-order valence-corrected chi connectivity index (χ4v) is 2.73. The molecule has 0 aliphatic rings. The summed E-state index contributed by atoms with van der Waals surface area (Å²) in [6.07, 6.45) is 0. The predicted octanol–water partition coefficient (Wildman–Crippen LogP) is 3.99. The summed E-state index contributed by atoms with van der Waals surface area (Å²) in [5, 5.41) is 5.78. The third kappa shape index (κ3) is 4.17. The molecule has 0 bridgehead atoms. The van der Waals surface area contributed by atoms with Crippen molar-refractivity contribution in [1.29, 1.82) is 0 Å². The van der Waals surface area contributed by atoms with Gasteiger partial charge in [-0.1, -0.05) is 6.07 Å². The number of amides is 1. The Hall–Kier alpha value is -2.73. The number of thiazole rings is 1. The molecule has 6 heteroatoms. The van der Waals surface area contributed by atoms with Gasteiger partial charge in [-0.25, -0.2) is 9.97 Å². The summed E-state index contributed by atoms with van der Waals surface area (Å²) in [6, 6.07) is 12.5. The molecule has 0 unspecified atom stereocenters. The van der Waals surface area contributed by atoms with Crippen LogP contribution in [0, 0.1) is 13.8 Å². The van der Waals surface area contributed by atoms with Crippen LogP contribution in [0.25, 0.3) is 0 Å². The molecule has 0 radical (unpaired) electrons. The van der Waals surface area contributed by atoms with Crippen LogP contribution in [0.2, 0.25) is 0 Å². The van der Waals surface area contributed by atoms with Crippen molar-refractivity contribution in [2.75, 3.05) is 5.32 Å². The van der Waals surface area contributed by atoms with Gasteiger partial charge in [0.1, 0.15) is 18.2 Å². The lowest BCUT2D eigenvalue weighted by molar-refractivity contribution is 0.102. The molecule has 0 fully saturated rings. The van der Waals surface area contributed by atoms with Crippen molar-refractivity contribution in [2.45, 2.75) is 20.5 Å². The molecule has 0 atom stereocenters. The highest BCUT2D eigenvalue weighted by Crippen LogP contribution is 2.16. The van der Waals surface area contributed by atoms with Crippen LogP contribution in [-0.4, -0.2) is 15.9 Å². The molecule has 1 aromatic carbocycles.